The van der Waals surface area contributed by atoms with Crippen molar-refractivity contribution in [3.8, 4) is 0 Å². The van der Waals surface area contributed by atoms with Crippen LogP contribution in [0.5, 0.6) is 0 Å². The Morgan fingerprint density at radius 3 is 2.32 bits per heavy atom. The van der Waals surface area contributed by atoms with Crippen molar-refractivity contribution < 1.29 is 14.7 Å². The van der Waals surface area contributed by atoms with Gasteiger partial charge in [-0.1, -0.05) is 25.7 Å². The van der Waals surface area contributed by atoms with Gasteiger partial charge in [-0.3, -0.25) is 9.59 Å². The molecule has 0 aromatic carbocycles. The van der Waals surface area contributed by atoms with Gasteiger partial charge < -0.3 is 14.9 Å². The summed E-state index contributed by atoms with van der Waals surface area (Å²) in [5.74, 6) is -0.284. The lowest BCUT2D eigenvalue weighted by atomic mass is 10.0. The molecule has 0 unspecified atom stereocenters. The lowest BCUT2D eigenvalue weighted by molar-refractivity contribution is -0.144. The highest BCUT2D eigenvalue weighted by Gasteiger charge is 2.20. The van der Waals surface area contributed by atoms with Crippen LogP contribution in [0.15, 0.2) is 0 Å². The maximum atomic E-state index is 12.1. The fraction of sp³-hybridized carbons (Fsp3) is 0.857. The van der Waals surface area contributed by atoms with Crippen LogP contribution >= 0.6 is 0 Å². The third-order valence-electron chi connectivity index (χ3n) is 3.74. The van der Waals surface area contributed by atoms with Crippen molar-refractivity contribution >= 4 is 11.9 Å². The zero-order valence-electron chi connectivity index (χ0n) is 12.1. The van der Waals surface area contributed by atoms with E-state index in [0.29, 0.717) is 25.4 Å². The van der Waals surface area contributed by atoms with Gasteiger partial charge in [-0.05, 0) is 26.4 Å². The molecule has 19 heavy (non-hydrogen) atoms. The van der Waals surface area contributed by atoms with Gasteiger partial charge in [-0.15, -0.1) is 0 Å². The van der Waals surface area contributed by atoms with E-state index in [2.05, 4.69) is 0 Å². The molecule has 1 rings (SSSR count). The first-order valence-electron chi connectivity index (χ1n) is 7.13. The van der Waals surface area contributed by atoms with Crippen LogP contribution < -0.4 is 0 Å². The van der Waals surface area contributed by atoms with E-state index in [1.165, 1.54) is 30.6 Å². The second-order valence-electron chi connectivity index (χ2n) is 5.70. The van der Waals surface area contributed by atoms with E-state index in [0.717, 1.165) is 6.42 Å². The Morgan fingerprint density at radius 1 is 1.16 bits per heavy atom. The van der Waals surface area contributed by atoms with Crippen molar-refractivity contribution in [2.45, 2.75) is 38.5 Å². The zero-order valence-corrected chi connectivity index (χ0v) is 12.1. The zero-order chi connectivity index (χ0) is 14.3. The molecule has 0 aromatic heterocycles. The number of carbonyl (C=O) groups excluding carboxylic acids is 1. The third kappa shape index (κ3) is 6.57. The minimum absolute atomic E-state index is 0.0175. The molecular formula is C14H26N2O3. The largest absolute Gasteiger partial charge is 0.480 e. The number of hydrogen-bond donors (Lipinski definition) is 1. The first kappa shape index (κ1) is 16.0. The molecule has 0 radical (unpaired) electrons. The number of likely N-dealkylation sites (N-methyl/N-ethyl adjacent to an activating group) is 1. The number of carboxylic acid groups (broad SMARTS) is 1. The number of nitrogens with zero attached hydrogens (tertiary/aromatic N) is 2. The Morgan fingerprint density at radius 2 is 1.79 bits per heavy atom. The minimum atomic E-state index is -0.937. The van der Waals surface area contributed by atoms with E-state index >= 15 is 0 Å². The van der Waals surface area contributed by atoms with Gasteiger partial charge >= 0.3 is 5.97 Å². The number of aliphatic carboxylic acids is 1. The average molecular weight is 270 g/mol. The molecule has 5 nitrogen and oxygen atoms in total. The standard InChI is InChI=1S/C14H26N2O3/c1-15(2)9-10-16(11-14(18)19)13(17)8-7-12-5-3-4-6-12/h12H,3-11H2,1-2H3,(H,18,19). The van der Waals surface area contributed by atoms with Gasteiger partial charge in [-0.25, -0.2) is 0 Å². The Kier molecular flexibility index (Phi) is 6.84. The van der Waals surface area contributed by atoms with Crippen molar-refractivity contribution in [3.63, 3.8) is 0 Å². The summed E-state index contributed by atoms with van der Waals surface area (Å²) in [5.41, 5.74) is 0. The van der Waals surface area contributed by atoms with E-state index in [9.17, 15) is 9.59 Å². The first-order valence-corrected chi connectivity index (χ1v) is 7.13. The molecule has 1 aliphatic carbocycles. The van der Waals surface area contributed by atoms with Gasteiger partial charge in [0.25, 0.3) is 0 Å². The molecule has 0 atom stereocenters. The summed E-state index contributed by atoms with van der Waals surface area (Å²) in [6, 6.07) is 0. The lowest BCUT2D eigenvalue weighted by Gasteiger charge is -2.23. The van der Waals surface area contributed by atoms with E-state index in [1.54, 1.807) is 0 Å². The molecule has 1 amide bonds. The third-order valence-corrected chi connectivity index (χ3v) is 3.74. The van der Waals surface area contributed by atoms with E-state index in [1.807, 2.05) is 19.0 Å². The SMILES string of the molecule is CN(C)CCN(CC(=O)O)C(=O)CCC1CCCC1. The quantitative estimate of drug-likeness (QED) is 0.725. The van der Waals surface area contributed by atoms with Crippen LogP contribution in [0.4, 0.5) is 0 Å². The van der Waals surface area contributed by atoms with Crippen molar-refractivity contribution in [2.24, 2.45) is 5.92 Å². The fourth-order valence-corrected chi connectivity index (χ4v) is 2.56. The maximum absolute atomic E-state index is 12.1. The average Bonchev–Trinajstić information content (AvgIpc) is 2.83. The summed E-state index contributed by atoms with van der Waals surface area (Å²) in [6.07, 6.45) is 6.41. The van der Waals surface area contributed by atoms with Gasteiger partial charge in [0.2, 0.25) is 5.91 Å². The summed E-state index contributed by atoms with van der Waals surface area (Å²) in [6.45, 7) is 1.00. The first-order chi connectivity index (χ1) is 8.99. The Labute approximate surface area is 115 Å². The molecule has 110 valence electrons. The molecule has 1 aliphatic rings. The van der Waals surface area contributed by atoms with Gasteiger partial charge in [0, 0.05) is 19.5 Å². The van der Waals surface area contributed by atoms with Crippen molar-refractivity contribution in [1.82, 2.24) is 9.80 Å². The molecule has 0 aromatic rings. The molecular weight excluding hydrogens is 244 g/mol. The van der Waals surface area contributed by atoms with Gasteiger partial charge in [0.05, 0.1) is 0 Å². The monoisotopic (exact) mass is 270 g/mol. The second-order valence-corrected chi connectivity index (χ2v) is 5.70. The van der Waals surface area contributed by atoms with Crippen LogP contribution in [-0.2, 0) is 9.59 Å². The molecule has 1 N–H and O–H groups in total. The van der Waals surface area contributed by atoms with Gasteiger partial charge in [0.15, 0.2) is 0 Å². The van der Waals surface area contributed by atoms with Crippen LogP contribution in [0, 0.1) is 5.92 Å². The van der Waals surface area contributed by atoms with Crippen molar-refractivity contribution in [1.29, 1.82) is 0 Å². The Balaban J connectivity index is 2.37. The lowest BCUT2D eigenvalue weighted by Crippen LogP contribution is -2.40. The van der Waals surface area contributed by atoms with Crippen LogP contribution in [0.2, 0.25) is 0 Å². The number of rotatable bonds is 8. The maximum Gasteiger partial charge on any atom is 0.323 e. The van der Waals surface area contributed by atoms with Crippen molar-refractivity contribution in [3.05, 3.63) is 0 Å². The smallest absolute Gasteiger partial charge is 0.323 e. The molecule has 0 bridgehead atoms. The van der Waals surface area contributed by atoms with Gasteiger partial charge in [-0.2, -0.15) is 0 Å². The van der Waals surface area contributed by atoms with Crippen LogP contribution in [0.3, 0.4) is 0 Å². The molecule has 0 heterocycles. The Hall–Kier alpha value is -1.10. The van der Waals surface area contributed by atoms with E-state index in [4.69, 9.17) is 5.11 Å². The minimum Gasteiger partial charge on any atom is -0.480 e. The summed E-state index contributed by atoms with van der Waals surface area (Å²) in [4.78, 5) is 26.3. The summed E-state index contributed by atoms with van der Waals surface area (Å²) < 4.78 is 0. The summed E-state index contributed by atoms with van der Waals surface area (Å²) in [5, 5.41) is 8.87. The normalized spacial score (nSPS) is 15.9. The number of carboxylic acids is 1. The second kappa shape index (κ2) is 8.15. The van der Waals surface area contributed by atoms with E-state index < -0.39 is 5.97 Å². The number of amides is 1. The highest BCUT2D eigenvalue weighted by atomic mass is 16.4. The predicted octanol–water partition coefficient (Wildman–Crippen LogP) is 1.43. The number of hydrogen-bond acceptors (Lipinski definition) is 3. The van der Waals surface area contributed by atoms with Crippen LogP contribution in [0.25, 0.3) is 0 Å². The van der Waals surface area contributed by atoms with Crippen LogP contribution in [-0.4, -0.2) is 60.5 Å². The molecule has 0 saturated heterocycles. The molecule has 1 fully saturated rings. The van der Waals surface area contributed by atoms with Crippen LogP contribution in [0.1, 0.15) is 38.5 Å². The Bertz CT molecular complexity index is 299. The molecule has 0 aliphatic heterocycles. The summed E-state index contributed by atoms with van der Waals surface area (Å²) >= 11 is 0. The number of carbonyl (C=O) groups is 2. The molecule has 1 saturated carbocycles. The predicted molar refractivity (Wildman–Crippen MR) is 74.0 cm³/mol. The van der Waals surface area contributed by atoms with Gasteiger partial charge in [0.1, 0.15) is 6.54 Å². The fourth-order valence-electron chi connectivity index (χ4n) is 2.56. The van der Waals surface area contributed by atoms with Crippen molar-refractivity contribution in [2.75, 3.05) is 33.7 Å². The summed E-state index contributed by atoms with van der Waals surface area (Å²) in [7, 11) is 3.84. The molecule has 5 heteroatoms. The molecule has 0 spiro atoms. The van der Waals surface area contributed by atoms with E-state index in [-0.39, 0.29) is 12.5 Å². The topological polar surface area (TPSA) is 60.9 Å². The highest BCUT2D eigenvalue weighted by molar-refractivity contribution is 5.81. The highest BCUT2D eigenvalue weighted by Crippen LogP contribution is 2.28.